The summed E-state index contributed by atoms with van der Waals surface area (Å²) >= 11 is 0. The van der Waals surface area contributed by atoms with Crippen LogP contribution in [0.4, 0.5) is 0 Å². The number of hydrogen-bond donors (Lipinski definition) is 2. The molecular formula is C5H11NO2. The highest BCUT2D eigenvalue weighted by atomic mass is 16.3. The van der Waals surface area contributed by atoms with Crippen LogP contribution in [0.3, 0.4) is 0 Å². The molecule has 3 heteroatoms. The first-order chi connectivity index (χ1) is 3.68. The molecule has 2 N–H and O–H groups in total. The molecule has 0 spiro atoms. The number of aliphatic hydroxyl groups excluding tert-OH is 1. The van der Waals surface area contributed by atoms with Crippen molar-refractivity contribution < 1.29 is 9.90 Å². The Bertz CT molecular complexity index is 78.5. The van der Waals surface area contributed by atoms with Crippen molar-refractivity contribution in [2.75, 3.05) is 13.7 Å². The van der Waals surface area contributed by atoms with Crippen LogP contribution in [0.2, 0.25) is 0 Å². The molecule has 0 fully saturated rings. The van der Waals surface area contributed by atoms with Gasteiger partial charge in [0.1, 0.15) is 6.29 Å². The summed E-state index contributed by atoms with van der Waals surface area (Å²) in [6, 6.07) is 0. The van der Waals surface area contributed by atoms with Crippen LogP contribution < -0.4 is 5.32 Å². The van der Waals surface area contributed by atoms with E-state index in [1.807, 2.05) is 0 Å². The van der Waals surface area contributed by atoms with Gasteiger partial charge in [-0.3, -0.25) is 0 Å². The van der Waals surface area contributed by atoms with Gasteiger partial charge in [-0.2, -0.15) is 0 Å². The van der Waals surface area contributed by atoms with Crippen LogP contribution in [0.5, 0.6) is 0 Å². The predicted molar refractivity (Wildman–Crippen MR) is 30.6 cm³/mol. The average molecular weight is 117 g/mol. The topological polar surface area (TPSA) is 49.3 Å². The van der Waals surface area contributed by atoms with Gasteiger partial charge in [-0.05, 0) is 14.0 Å². The Labute approximate surface area is 48.7 Å². The number of hydrogen-bond acceptors (Lipinski definition) is 3. The summed E-state index contributed by atoms with van der Waals surface area (Å²) in [7, 11) is 1.63. The normalized spacial score (nSPS) is 17.4. The molecule has 48 valence electrons. The molecule has 0 rings (SSSR count). The highest BCUT2D eigenvalue weighted by Crippen LogP contribution is 1.93. The van der Waals surface area contributed by atoms with Gasteiger partial charge in [-0.25, -0.2) is 0 Å². The first-order valence-corrected chi connectivity index (χ1v) is 2.44. The van der Waals surface area contributed by atoms with E-state index in [4.69, 9.17) is 5.11 Å². The van der Waals surface area contributed by atoms with Gasteiger partial charge in [0.05, 0.1) is 12.1 Å². The summed E-state index contributed by atoms with van der Waals surface area (Å²) in [4.78, 5) is 10.1. The molecule has 0 radical (unpaired) electrons. The van der Waals surface area contributed by atoms with E-state index < -0.39 is 5.54 Å². The van der Waals surface area contributed by atoms with Gasteiger partial charge in [0.25, 0.3) is 0 Å². The van der Waals surface area contributed by atoms with E-state index in [9.17, 15) is 4.79 Å². The smallest absolute Gasteiger partial charge is 0.142 e. The largest absolute Gasteiger partial charge is 0.394 e. The molecule has 0 aromatic rings. The van der Waals surface area contributed by atoms with E-state index >= 15 is 0 Å². The molecule has 1 unspecified atom stereocenters. The molecule has 0 saturated heterocycles. The molecule has 1 atom stereocenters. The number of carbonyl (C=O) groups excluding carboxylic acids is 1. The number of carbonyl (C=O) groups is 1. The second kappa shape index (κ2) is 2.79. The predicted octanol–water partition coefficient (Wildman–Crippen LogP) is -0.844. The van der Waals surface area contributed by atoms with E-state index in [1.165, 1.54) is 0 Å². The van der Waals surface area contributed by atoms with Crippen molar-refractivity contribution in [3.05, 3.63) is 0 Å². The van der Waals surface area contributed by atoms with Crippen molar-refractivity contribution in [2.45, 2.75) is 12.5 Å². The summed E-state index contributed by atoms with van der Waals surface area (Å²) < 4.78 is 0. The van der Waals surface area contributed by atoms with Crippen LogP contribution in [0.15, 0.2) is 0 Å². The molecule has 8 heavy (non-hydrogen) atoms. The van der Waals surface area contributed by atoms with E-state index in [1.54, 1.807) is 14.0 Å². The average Bonchev–Trinajstić information content (AvgIpc) is 1.87. The zero-order valence-corrected chi connectivity index (χ0v) is 5.14. The Morgan fingerprint density at radius 3 is 2.38 bits per heavy atom. The molecule has 0 aromatic heterocycles. The van der Waals surface area contributed by atoms with Gasteiger partial charge in [0, 0.05) is 0 Å². The van der Waals surface area contributed by atoms with Crippen LogP contribution in [0.1, 0.15) is 6.92 Å². The van der Waals surface area contributed by atoms with E-state index in [0.717, 1.165) is 0 Å². The van der Waals surface area contributed by atoms with Gasteiger partial charge in [0.2, 0.25) is 0 Å². The molecule has 0 saturated carbocycles. The maximum atomic E-state index is 10.1. The third-order valence-electron chi connectivity index (χ3n) is 1.16. The van der Waals surface area contributed by atoms with Crippen LogP contribution in [-0.2, 0) is 4.79 Å². The molecule has 0 aromatic carbocycles. The standard InChI is InChI=1S/C5H11NO2/c1-5(3-7,4-8)6-2/h3,6,8H,4H2,1-2H3. The van der Waals surface area contributed by atoms with Crippen molar-refractivity contribution in [3.63, 3.8) is 0 Å². The molecule has 0 amide bonds. The lowest BCUT2D eigenvalue weighted by Gasteiger charge is -2.17. The maximum absolute atomic E-state index is 10.1. The lowest BCUT2D eigenvalue weighted by Crippen LogP contribution is -2.44. The first-order valence-electron chi connectivity index (χ1n) is 2.44. The second-order valence-corrected chi connectivity index (χ2v) is 1.94. The zero-order chi connectivity index (χ0) is 6.62. The fraction of sp³-hybridized carbons (Fsp3) is 0.800. The van der Waals surface area contributed by atoms with Crippen LogP contribution in [-0.4, -0.2) is 30.6 Å². The minimum Gasteiger partial charge on any atom is -0.394 e. The lowest BCUT2D eigenvalue weighted by molar-refractivity contribution is -0.113. The zero-order valence-electron chi connectivity index (χ0n) is 5.14. The summed E-state index contributed by atoms with van der Waals surface area (Å²) in [5.74, 6) is 0. The van der Waals surface area contributed by atoms with Gasteiger partial charge >= 0.3 is 0 Å². The van der Waals surface area contributed by atoms with E-state index in [0.29, 0.717) is 6.29 Å². The Morgan fingerprint density at radius 1 is 1.88 bits per heavy atom. The van der Waals surface area contributed by atoms with E-state index in [-0.39, 0.29) is 6.61 Å². The molecule has 3 nitrogen and oxygen atoms in total. The molecule has 0 bridgehead atoms. The number of likely N-dealkylation sites (N-methyl/N-ethyl adjacent to an activating group) is 1. The Morgan fingerprint density at radius 2 is 2.38 bits per heavy atom. The van der Waals surface area contributed by atoms with Crippen molar-refractivity contribution in [1.29, 1.82) is 0 Å². The Balaban J connectivity index is 3.76. The fourth-order valence-corrected chi connectivity index (χ4v) is 0.175. The van der Waals surface area contributed by atoms with E-state index in [2.05, 4.69) is 5.32 Å². The maximum Gasteiger partial charge on any atom is 0.142 e. The highest BCUT2D eigenvalue weighted by molar-refractivity contribution is 5.63. The van der Waals surface area contributed by atoms with Gasteiger partial charge in [-0.1, -0.05) is 0 Å². The van der Waals surface area contributed by atoms with Crippen molar-refractivity contribution in [3.8, 4) is 0 Å². The summed E-state index contributed by atoms with van der Waals surface area (Å²) in [5.41, 5.74) is -0.750. The minimum absolute atomic E-state index is 0.160. The number of aldehydes is 1. The van der Waals surface area contributed by atoms with Gasteiger partial charge in [-0.15, -0.1) is 0 Å². The number of rotatable bonds is 3. The Kier molecular flexibility index (Phi) is 2.65. The third-order valence-corrected chi connectivity index (χ3v) is 1.16. The van der Waals surface area contributed by atoms with Crippen LogP contribution in [0.25, 0.3) is 0 Å². The van der Waals surface area contributed by atoms with Crippen molar-refractivity contribution >= 4 is 6.29 Å². The monoisotopic (exact) mass is 117 g/mol. The molecular weight excluding hydrogens is 106 g/mol. The summed E-state index contributed by atoms with van der Waals surface area (Å²) in [6.07, 6.45) is 0.688. The van der Waals surface area contributed by atoms with Gasteiger partial charge in [0.15, 0.2) is 0 Å². The fourth-order valence-electron chi connectivity index (χ4n) is 0.175. The molecule has 0 aliphatic heterocycles. The molecule has 0 heterocycles. The van der Waals surface area contributed by atoms with Crippen molar-refractivity contribution in [2.24, 2.45) is 0 Å². The first kappa shape index (κ1) is 7.59. The number of aliphatic hydroxyl groups is 1. The quantitative estimate of drug-likeness (QED) is 0.474. The Hall–Kier alpha value is -0.410. The molecule has 0 aliphatic rings. The second-order valence-electron chi connectivity index (χ2n) is 1.94. The van der Waals surface area contributed by atoms with Crippen LogP contribution in [0, 0.1) is 0 Å². The minimum atomic E-state index is -0.750. The van der Waals surface area contributed by atoms with Gasteiger partial charge < -0.3 is 15.2 Å². The number of nitrogens with one attached hydrogen (secondary N) is 1. The summed E-state index contributed by atoms with van der Waals surface area (Å²) in [6.45, 7) is 1.47. The summed E-state index contributed by atoms with van der Waals surface area (Å²) in [5, 5.41) is 11.2. The van der Waals surface area contributed by atoms with Crippen LogP contribution >= 0.6 is 0 Å². The highest BCUT2D eigenvalue weighted by Gasteiger charge is 2.17. The SMILES string of the molecule is CNC(C)(C=O)CO. The molecule has 0 aliphatic carbocycles. The third kappa shape index (κ3) is 1.60. The lowest BCUT2D eigenvalue weighted by atomic mass is 10.1. The van der Waals surface area contributed by atoms with Crippen molar-refractivity contribution in [1.82, 2.24) is 5.32 Å².